The predicted octanol–water partition coefficient (Wildman–Crippen LogP) is 4.86. The molecule has 3 aromatic rings. The topological polar surface area (TPSA) is 108 Å². The highest BCUT2D eigenvalue weighted by atomic mass is 35.5. The van der Waals surface area contributed by atoms with Crippen LogP contribution in [0, 0.1) is 0 Å². The Morgan fingerprint density at radius 1 is 1.15 bits per heavy atom. The number of ether oxygens (including phenoxy) is 1. The van der Waals surface area contributed by atoms with Crippen molar-refractivity contribution in [2.75, 3.05) is 6.54 Å². The van der Waals surface area contributed by atoms with Crippen molar-refractivity contribution in [3.63, 3.8) is 0 Å². The molecule has 4 rings (SSSR count). The lowest BCUT2D eigenvalue weighted by Crippen LogP contribution is -2.38. The second-order valence-electron chi connectivity index (χ2n) is 9.11. The Balaban J connectivity index is 1.99. The van der Waals surface area contributed by atoms with E-state index in [1.807, 2.05) is 0 Å². The maximum atomic E-state index is 13.8. The summed E-state index contributed by atoms with van der Waals surface area (Å²) in [4.78, 5) is 44.9. The van der Waals surface area contributed by atoms with Gasteiger partial charge in [0.2, 0.25) is 5.91 Å². The van der Waals surface area contributed by atoms with E-state index in [1.165, 1.54) is 16.7 Å². The number of carbonyl (C=O) groups is 2. The fourth-order valence-corrected chi connectivity index (χ4v) is 4.51. The van der Waals surface area contributed by atoms with E-state index in [0.717, 1.165) is 0 Å². The molecule has 2 heterocycles. The summed E-state index contributed by atoms with van der Waals surface area (Å²) >= 11 is 12.8. The molecule has 0 saturated carbocycles. The lowest BCUT2D eigenvalue weighted by molar-refractivity contribution is 0.0216. The van der Waals surface area contributed by atoms with Gasteiger partial charge in [-0.25, -0.2) is 9.78 Å². The zero-order valence-electron chi connectivity index (χ0n) is 19.0. The number of rotatable bonds is 3. The number of nitrogens with zero attached hydrogens (tertiary/aromatic N) is 3. The summed E-state index contributed by atoms with van der Waals surface area (Å²) in [5.41, 5.74) is 5.15. The standard InChI is InChI=1S/C24H24Cl2N4O4/c1-24(2,3)34-23(33)29-11-5-8-17(29)21-28-19-16(26)10-9-15(25)18(19)22(32)30(21)14-7-4-6-13(12-14)20(27)31/h4,6-7,9-10,12,17H,5,8,11H2,1-3H3,(H2,27,31)/t17-/m0/s1. The predicted molar refractivity (Wildman–Crippen MR) is 131 cm³/mol. The fraction of sp³-hybridized carbons (Fsp3) is 0.333. The molecule has 1 aliphatic rings. The normalized spacial score (nSPS) is 16.1. The van der Waals surface area contributed by atoms with Crippen LogP contribution in [0.5, 0.6) is 0 Å². The van der Waals surface area contributed by atoms with Gasteiger partial charge in [0.1, 0.15) is 11.4 Å². The van der Waals surface area contributed by atoms with E-state index in [0.29, 0.717) is 30.9 Å². The number of primary amides is 1. The van der Waals surface area contributed by atoms with E-state index in [1.54, 1.807) is 49.9 Å². The van der Waals surface area contributed by atoms with Gasteiger partial charge in [0, 0.05) is 12.1 Å². The number of carbonyl (C=O) groups excluding carboxylic acids is 2. The molecule has 34 heavy (non-hydrogen) atoms. The summed E-state index contributed by atoms with van der Waals surface area (Å²) in [5, 5.41) is 0.598. The first-order chi connectivity index (χ1) is 16.0. The van der Waals surface area contributed by atoms with E-state index in [-0.39, 0.29) is 26.5 Å². The summed E-state index contributed by atoms with van der Waals surface area (Å²) in [6.45, 7) is 5.81. The Morgan fingerprint density at radius 3 is 2.53 bits per heavy atom. The van der Waals surface area contributed by atoms with Crippen molar-refractivity contribution in [1.29, 1.82) is 0 Å². The van der Waals surface area contributed by atoms with Crippen molar-refractivity contribution in [2.45, 2.75) is 45.3 Å². The number of likely N-dealkylation sites (tertiary alicyclic amines) is 1. The highest BCUT2D eigenvalue weighted by Gasteiger charge is 2.36. The summed E-state index contributed by atoms with van der Waals surface area (Å²) < 4.78 is 6.96. The van der Waals surface area contributed by atoms with Crippen LogP contribution in [0.1, 0.15) is 55.8 Å². The maximum absolute atomic E-state index is 13.8. The van der Waals surface area contributed by atoms with Gasteiger partial charge in [-0.2, -0.15) is 0 Å². The summed E-state index contributed by atoms with van der Waals surface area (Å²) in [6.07, 6.45) is 0.756. The minimum absolute atomic E-state index is 0.143. The van der Waals surface area contributed by atoms with E-state index in [4.69, 9.17) is 38.7 Å². The van der Waals surface area contributed by atoms with E-state index in [9.17, 15) is 14.4 Å². The van der Waals surface area contributed by atoms with Crippen LogP contribution in [0.3, 0.4) is 0 Å². The second-order valence-corrected chi connectivity index (χ2v) is 9.92. The first-order valence-corrected chi connectivity index (χ1v) is 11.5. The minimum atomic E-state index is -0.687. The third kappa shape index (κ3) is 4.48. The molecule has 2 aromatic carbocycles. The lowest BCUT2D eigenvalue weighted by atomic mass is 10.1. The van der Waals surface area contributed by atoms with E-state index < -0.39 is 29.2 Å². The van der Waals surface area contributed by atoms with Crippen molar-refractivity contribution in [3.05, 3.63) is 68.2 Å². The van der Waals surface area contributed by atoms with E-state index in [2.05, 4.69) is 0 Å². The van der Waals surface area contributed by atoms with Crippen molar-refractivity contribution < 1.29 is 14.3 Å². The molecule has 1 aliphatic heterocycles. The number of halogens is 2. The quantitative estimate of drug-likeness (QED) is 0.549. The summed E-state index contributed by atoms with van der Waals surface area (Å²) in [7, 11) is 0. The molecule has 2 amide bonds. The molecule has 178 valence electrons. The Bertz CT molecular complexity index is 1360. The lowest BCUT2D eigenvalue weighted by Gasteiger charge is -2.29. The van der Waals surface area contributed by atoms with Crippen LogP contribution in [-0.2, 0) is 4.74 Å². The Hall–Kier alpha value is -3.10. The highest BCUT2D eigenvalue weighted by Crippen LogP contribution is 2.35. The Labute approximate surface area is 206 Å². The number of amides is 2. The molecule has 2 N–H and O–H groups in total. The van der Waals surface area contributed by atoms with Crippen molar-refractivity contribution in [3.8, 4) is 5.69 Å². The number of aromatic nitrogens is 2. The first kappa shape index (κ1) is 24.0. The van der Waals surface area contributed by atoms with Crippen molar-refractivity contribution in [1.82, 2.24) is 14.5 Å². The average Bonchev–Trinajstić information content (AvgIpc) is 3.25. The van der Waals surface area contributed by atoms with Gasteiger partial charge in [0.05, 0.1) is 32.7 Å². The zero-order valence-corrected chi connectivity index (χ0v) is 20.5. The summed E-state index contributed by atoms with van der Waals surface area (Å²) in [6, 6.07) is 8.89. The molecular formula is C24H24Cl2N4O4. The van der Waals surface area contributed by atoms with Crippen LogP contribution in [0.4, 0.5) is 4.79 Å². The molecule has 0 spiro atoms. The molecule has 1 saturated heterocycles. The fourth-order valence-electron chi connectivity index (χ4n) is 4.08. The summed E-state index contributed by atoms with van der Waals surface area (Å²) in [5.74, 6) is -0.339. The van der Waals surface area contributed by atoms with Crippen molar-refractivity contribution in [2.24, 2.45) is 5.73 Å². The molecule has 1 aromatic heterocycles. The largest absolute Gasteiger partial charge is 0.444 e. The molecule has 1 atom stereocenters. The van der Waals surface area contributed by atoms with Crippen LogP contribution in [0.2, 0.25) is 10.0 Å². The molecule has 0 bridgehead atoms. The van der Waals surface area contributed by atoms with Gasteiger partial charge in [-0.15, -0.1) is 0 Å². The first-order valence-electron chi connectivity index (χ1n) is 10.8. The number of nitrogens with two attached hydrogens (primary N) is 1. The van der Waals surface area contributed by atoms with Crippen LogP contribution in [0.25, 0.3) is 16.6 Å². The van der Waals surface area contributed by atoms with Gasteiger partial charge in [0.25, 0.3) is 5.56 Å². The minimum Gasteiger partial charge on any atom is -0.444 e. The third-order valence-electron chi connectivity index (χ3n) is 5.52. The highest BCUT2D eigenvalue weighted by molar-refractivity contribution is 6.39. The zero-order chi connectivity index (χ0) is 24.8. The Kier molecular flexibility index (Phi) is 6.31. The monoisotopic (exact) mass is 502 g/mol. The van der Waals surface area contributed by atoms with Crippen LogP contribution >= 0.6 is 23.2 Å². The van der Waals surface area contributed by atoms with Gasteiger partial charge < -0.3 is 10.5 Å². The average molecular weight is 503 g/mol. The number of benzene rings is 2. The smallest absolute Gasteiger partial charge is 0.410 e. The molecule has 1 fully saturated rings. The van der Waals surface area contributed by atoms with E-state index >= 15 is 0 Å². The Morgan fingerprint density at radius 2 is 1.85 bits per heavy atom. The van der Waals surface area contributed by atoms with Gasteiger partial charge >= 0.3 is 6.09 Å². The van der Waals surface area contributed by atoms with Crippen LogP contribution in [-0.4, -0.2) is 38.6 Å². The van der Waals surface area contributed by atoms with Crippen molar-refractivity contribution >= 4 is 46.1 Å². The van der Waals surface area contributed by atoms with Gasteiger partial charge in [-0.1, -0.05) is 29.3 Å². The second kappa shape index (κ2) is 8.92. The van der Waals surface area contributed by atoms with Gasteiger partial charge in [-0.3, -0.25) is 19.1 Å². The molecular weight excluding hydrogens is 479 g/mol. The molecule has 10 heteroatoms. The molecule has 0 radical (unpaired) electrons. The van der Waals surface area contributed by atoms with Gasteiger partial charge in [0.15, 0.2) is 0 Å². The molecule has 8 nitrogen and oxygen atoms in total. The molecule has 0 unspecified atom stereocenters. The maximum Gasteiger partial charge on any atom is 0.410 e. The van der Waals surface area contributed by atoms with Gasteiger partial charge in [-0.05, 0) is 63.9 Å². The SMILES string of the molecule is CC(C)(C)OC(=O)N1CCC[C@H]1c1nc2c(Cl)ccc(Cl)c2c(=O)n1-c1cccc(C(N)=O)c1. The third-order valence-corrected chi connectivity index (χ3v) is 6.14. The molecule has 0 aliphatic carbocycles. The number of hydrogen-bond acceptors (Lipinski definition) is 5. The van der Waals surface area contributed by atoms with Crippen LogP contribution < -0.4 is 11.3 Å². The van der Waals surface area contributed by atoms with Crippen LogP contribution in [0.15, 0.2) is 41.2 Å². The number of hydrogen-bond donors (Lipinski definition) is 1. The number of fused-ring (bicyclic) bond motifs is 1.